The van der Waals surface area contributed by atoms with Crippen LogP contribution >= 0.6 is 0 Å². The number of hydrogen-bond acceptors (Lipinski definition) is 4. The van der Waals surface area contributed by atoms with Crippen LogP contribution in [0.4, 0.5) is 8.78 Å². The average Bonchev–Trinajstić information content (AvgIpc) is 2.50. The zero-order valence-corrected chi connectivity index (χ0v) is 12.5. The lowest BCUT2D eigenvalue weighted by Crippen LogP contribution is -2.39. The lowest BCUT2D eigenvalue weighted by molar-refractivity contribution is -0.144. The van der Waals surface area contributed by atoms with Gasteiger partial charge in [0.15, 0.2) is 5.78 Å². The fourth-order valence-corrected chi connectivity index (χ4v) is 2.65. The van der Waals surface area contributed by atoms with E-state index in [0.29, 0.717) is 32.5 Å². The fourth-order valence-electron chi connectivity index (χ4n) is 2.65. The van der Waals surface area contributed by atoms with E-state index in [1.807, 2.05) is 4.90 Å². The van der Waals surface area contributed by atoms with Gasteiger partial charge in [0.1, 0.15) is 11.6 Å². The van der Waals surface area contributed by atoms with Gasteiger partial charge in [0.25, 0.3) is 0 Å². The van der Waals surface area contributed by atoms with Crippen LogP contribution in [0, 0.1) is 17.6 Å². The highest BCUT2D eigenvalue weighted by Gasteiger charge is 2.28. The number of piperidine rings is 1. The third kappa shape index (κ3) is 4.10. The highest BCUT2D eigenvalue weighted by Crippen LogP contribution is 2.23. The Bertz CT molecular complexity index is 554. The molecule has 1 aromatic carbocycles. The van der Waals surface area contributed by atoms with E-state index in [1.165, 1.54) is 0 Å². The maximum absolute atomic E-state index is 13.6. The summed E-state index contributed by atoms with van der Waals surface area (Å²) in [6.45, 7) is 3.41. The summed E-state index contributed by atoms with van der Waals surface area (Å²) in [6.07, 6.45) is 1.04. The molecule has 1 fully saturated rings. The van der Waals surface area contributed by atoms with Gasteiger partial charge in [-0.05, 0) is 51.1 Å². The summed E-state index contributed by atoms with van der Waals surface area (Å²) in [7, 11) is 0. The van der Waals surface area contributed by atoms with Gasteiger partial charge in [-0.3, -0.25) is 14.5 Å². The second-order valence-corrected chi connectivity index (χ2v) is 5.34. The molecule has 0 aliphatic carbocycles. The van der Waals surface area contributed by atoms with Crippen molar-refractivity contribution in [1.29, 1.82) is 0 Å². The van der Waals surface area contributed by atoms with Crippen LogP contribution in [-0.2, 0) is 9.53 Å². The Hall–Kier alpha value is -1.82. The Balaban J connectivity index is 1.92. The molecule has 1 aromatic rings. The molecule has 0 bridgehead atoms. The number of Topliss-reactive ketones (excluding diaryl/α,β-unsaturated/α-hetero) is 1. The van der Waals surface area contributed by atoms with Gasteiger partial charge in [-0.1, -0.05) is 0 Å². The van der Waals surface area contributed by atoms with E-state index < -0.39 is 11.6 Å². The molecule has 4 nitrogen and oxygen atoms in total. The van der Waals surface area contributed by atoms with E-state index in [-0.39, 0.29) is 29.8 Å². The van der Waals surface area contributed by atoms with Crippen molar-refractivity contribution < 1.29 is 23.1 Å². The van der Waals surface area contributed by atoms with Crippen LogP contribution in [0.1, 0.15) is 30.1 Å². The van der Waals surface area contributed by atoms with Crippen molar-refractivity contribution in [3.05, 3.63) is 35.4 Å². The lowest BCUT2D eigenvalue weighted by atomic mass is 9.88. The normalized spacial score (nSPS) is 16.5. The molecule has 0 spiro atoms. The summed E-state index contributed by atoms with van der Waals surface area (Å²) in [5.41, 5.74) is -0.191. The molecule has 0 aromatic heterocycles. The summed E-state index contributed by atoms with van der Waals surface area (Å²) >= 11 is 0. The number of hydrogen-bond donors (Lipinski definition) is 0. The van der Waals surface area contributed by atoms with E-state index in [2.05, 4.69) is 0 Å². The Kier molecular flexibility index (Phi) is 5.60. The topological polar surface area (TPSA) is 46.6 Å². The molecule has 0 unspecified atom stereocenters. The first-order valence-corrected chi connectivity index (χ1v) is 7.38. The number of ether oxygens (including phenoxy) is 1. The molecule has 1 aliphatic rings. The third-order valence-electron chi connectivity index (χ3n) is 3.81. The van der Waals surface area contributed by atoms with E-state index in [1.54, 1.807) is 6.92 Å². The van der Waals surface area contributed by atoms with Gasteiger partial charge < -0.3 is 4.74 Å². The molecule has 0 radical (unpaired) electrons. The van der Waals surface area contributed by atoms with E-state index in [0.717, 1.165) is 18.2 Å². The van der Waals surface area contributed by atoms with Crippen molar-refractivity contribution in [3.63, 3.8) is 0 Å². The minimum Gasteiger partial charge on any atom is -0.465 e. The van der Waals surface area contributed by atoms with Crippen LogP contribution in [0.5, 0.6) is 0 Å². The number of carbonyl (C=O) groups is 2. The van der Waals surface area contributed by atoms with Crippen molar-refractivity contribution in [1.82, 2.24) is 4.90 Å². The quantitative estimate of drug-likeness (QED) is 0.619. The maximum Gasteiger partial charge on any atom is 0.320 e. The first-order valence-electron chi connectivity index (χ1n) is 7.38. The van der Waals surface area contributed by atoms with E-state index in [9.17, 15) is 18.4 Å². The Labute approximate surface area is 128 Å². The summed E-state index contributed by atoms with van der Waals surface area (Å²) < 4.78 is 31.7. The minimum absolute atomic E-state index is 0.191. The number of rotatable bonds is 5. The Morgan fingerprint density at radius 2 is 1.95 bits per heavy atom. The molecular formula is C16H19F2NO3. The maximum atomic E-state index is 13.6. The molecule has 1 heterocycles. The molecule has 1 aliphatic heterocycles. The standard InChI is InChI=1S/C16H19F2NO3/c1-2-22-15(20)10-19-7-5-11(6-8-19)16(21)13-9-12(17)3-4-14(13)18/h3-4,9,11H,2,5-8,10H2,1H3. The highest BCUT2D eigenvalue weighted by atomic mass is 19.1. The van der Waals surface area contributed by atoms with Crippen molar-refractivity contribution in [2.24, 2.45) is 5.92 Å². The van der Waals surface area contributed by atoms with Gasteiger partial charge in [-0.15, -0.1) is 0 Å². The number of nitrogens with zero attached hydrogens (tertiary/aromatic N) is 1. The second kappa shape index (κ2) is 7.45. The summed E-state index contributed by atoms with van der Waals surface area (Å²) in [5.74, 6) is -2.31. The van der Waals surface area contributed by atoms with Gasteiger partial charge in [0, 0.05) is 5.92 Å². The molecular weight excluding hydrogens is 292 g/mol. The number of esters is 1. The van der Waals surface area contributed by atoms with Gasteiger partial charge in [-0.2, -0.15) is 0 Å². The number of likely N-dealkylation sites (tertiary alicyclic amines) is 1. The first-order chi connectivity index (χ1) is 10.5. The predicted octanol–water partition coefficient (Wildman–Crippen LogP) is 2.42. The number of carbonyl (C=O) groups excluding carboxylic acids is 2. The summed E-state index contributed by atoms with van der Waals surface area (Å²) in [6, 6.07) is 2.91. The van der Waals surface area contributed by atoms with E-state index >= 15 is 0 Å². The molecule has 0 amide bonds. The Morgan fingerprint density at radius 3 is 2.59 bits per heavy atom. The second-order valence-electron chi connectivity index (χ2n) is 5.34. The van der Waals surface area contributed by atoms with Crippen molar-refractivity contribution >= 4 is 11.8 Å². The summed E-state index contributed by atoms with van der Waals surface area (Å²) in [4.78, 5) is 25.6. The van der Waals surface area contributed by atoms with Crippen LogP contribution in [0.25, 0.3) is 0 Å². The van der Waals surface area contributed by atoms with Crippen LogP contribution in [-0.4, -0.2) is 42.9 Å². The van der Waals surface area contributed by atoms with Gasteiger partial charge in [0.2, 0.25) is 0 Å². The molecule has 2 rings (SSSR count). The summed E-state index contributed by atoms with van der Waals surface area (Å²) in [5, 5.41) is 0. The van der Waals surface area contributed by atoms with Gasteiger partial charge >= 0.3 is 5.97 Å². The van der Waals surface area contributed by atoms with Crippen molar-refractivity contribution in [2.75, 3.05) is 26.2 Å². The molecule has 6 heteroatoms. The zero-order valence-electron chi connectivity index (χ0n) is 12.5. The SMILES string of the molecule is CCOC(=O)CN1CCC(C(=O)c2cc(F)ccc2F)CC1. The molecule has 0 N–H and O–H groups in total. The van der Waals surface area contributed by atoms with Gasteiger partial charge in [-0.25, -0.2) is 8.78 Å². The molecule has 22 heavy (non-hydrogen) atoms. The average molecular weight is 311 g/mol. The molecule has 120 valence electrons. The smallest absolute Gasteiger partial charge is 0.320 e. The van der Waals surface area contributed by atoms with Crippen LogP contribution in [0.3, 0.4) is 0 Å². The monoisotopic (exact) mass is 311 g/mol. The first kappa shape index (κ1) is 16.5. The lowest BCUT2D eigenvalue weighted by Gasteiger charge is -2.30. The van der Waals surface area contributed by atoms with Gasteiger partial charge in [0.05, 0.1) is 18.7 Å². The Morgan fingerprint density at radius 1 is 1.27 bits per heavy atom. The number of ketones is 1. The molecule has 1 saturated heterocycles. The minimum atomic E-state index is -0.694. The molecule has 0 saturated carbocycles. The largest absolute Gasteiger partial charge is 0.465 e. The molecule has 0 atom stereocenters. The number of halogens is 2. The zero-order chi connectivity index (χ0) is 16.1. The van der Waals surface area contributed by atoms with Crippen LogP contribution in [0.15, 0.2) is 18.2 Å². The van der Waals surface area contributed by atoms with E-state index in [4.69, 9.17) is 4.74 Å². The number of benzene rings is 1. The van der Waals surface area contributed by atoms with Crippen LogP contribution < -0.4 is 0 Å². The van der Waals surface area contributed by atoms with Crippen LogP contribution in [0.2, 0.25) is 0 Å². The highest BCUT2D eigenvalue weighted by molar-refractivity contribution is 5.98. The van der Waals surface area contributed by atoms with Crippen molar-refractivity contribution in [3.8, 4) is 0 Å². The third-order valence-corrected chi connectivity index (χ3v) is 3.81. The fraction of sp³-hybridized carbons (Fsp3) is 0.500. The predicted molar refractivity (Wildman–Crippen MR) is 76.5 cm³/mol. The van der Waals surface area contributed by atoms with Crippen molar-refractivity contribution in [2.45, 2.75) is 19.8 Å².